The molecule has 0 aliphatic rings. The predicted octanol–water partition coefficient (Wildman–Crippen LogP) is 4.12. The van der Waals surface area contributed by atoms with E-state index in [1.165, 1.54) is 18.2 Å². The van der Waals surface area contributed by atoms with E-state index in [0.29, 0.717) is 0 Å². The summed E-state index contributed by atoms with van der Waals surface area (Å²) in [5, 5.41) is 10.3. The van der Waals surface area contributed by atoms with Crippen molar-refractivity contribution < 1.29 is 8.42 Å². The molecule has 0 unspecified atom stereocenters. The van der Waals surface area contributed by atoms with E-state index < -0.39 is 9.84 Å². The Morgan fingerprint density at radius 1 is 1.08 bits per heavy atom. The second kappa shape index (κ2) is 5.99. The van der Waals surface area contributed by atoms with Gasteiger partial charge < -0.3 is 4.98 Å². The number of hydrogen-bond donors (Lipinski definition) is 1. The van der Waals surface area contributed by atoms with Crippen LogP contribution in [0.4, 0.5) is 0 Å². The highest BCUT2D eigenvalue weighted by atomic mass is 32.2. The van der Waals surface area contributed by atoms with Gasteiger partial charge in [0.2, 0.25) is 9.84 Å². The minimum absolute atomic E-state index is 0.124. The Morgan fingerprint density at radius 3 is 2.42 bits per heavy atom. The molecule has 0 aliphatic carbocycles. The molecule has 2 aromatic carbocycles. The van der Waals surface area contributed by atoms with E-state index in [2.05, 4.69) is 4.98 Å². The normalized spacial score (nSPS) is 12.3. The Kier molecular flexibility index (Phi) is 4.00. The highest BCUT2D eigenvalue weighted by Gasteiger charge is 2.21. The number of rotatable bonds is 3. The van der Waals surface area contributed by atoms with Gasteiger partial charge in [-0.05, 0) is 38.1 Å². The van der Waals surface area contributed by atoms with Gasteiger partial charge in [0, 0.05) is 22.2 Å². The molecule has 24 heavy (non-hydrogen) atoms. The number of sulfone groups is 1. The number of nitrogens with one attached hydrogen (secondary N) is 1. The van der Waals surface area contributed by atoms with Crippen LogP contribution in [0, 0.1) is 25.2 Å². The Morgan fingerprint density at radius 2 is 1.75 bits per heavy atom. The summed E-state index contributed by atoms with van der Waals surface area (Å²) in [5.41, 5.74) is 3.41. The number of nitriles is 1. The van der Waals surface area contributed by atoms with Crippen LogP contribution in [-0.2, 0) is 9.84 Å². The maximum Gasteiger partial charge on any atom is 0.216 e. The largest absolute Gasteiger partial charge is 0.358 e. The maximum absolute atomic E-state index is 12.7. The lowest BCUT2D eigenvalue weighted by Gasteiger charge is -2.04. The molecule has 1 aromatic heterocycles. The number of fused-ring (bicyclic) bond motifs is 1. The van der Waals surface area contributed by atoms with Crippen LogP contribution in [0.25, 0.3) is 17.0 Å². The lowest BCUT2D eigenvalue weighted by molar-refractivity contribution is 0.603. The molecule has 0 bridgehead atoms. The van der Waals surface area contributed by atoms with Crippen LogP contribution in [0.5, 0.6) is 0 Å². The van der Waals surface area contributed by atoms with Crippen LogP contribution in [0.15, 0.2) is 58.3 Å². The van der Waals surface area contributed by atoms with E-state index in [9.17, 15) is 13.7 Å². The van der Waals surface area contributed by atoms with E-state index in [4.69, 9.17) is 0 Å². The van der Waals surface area contributed by atoms with Gasteiger partial charge in [0.25, 0.3) is 0 Å². The summed E-state index contributed by atoms with van der Waals surface area (Å²) in [6, 6.07) is 15.9. The Balaban J connectivity index is 2.17. The average Bonchev–Trinajstić information content (AvgIpc) is 2.88. The first-order valence-electron chi connectivity index (χ1n) is 7.44. The van der Waals surface area contributed by atoms with E-state index in [1.54, 1.807) is 12.1 Å². The third-order valence-electron chi connectivity index (χ3n) is 3.95. The molecule has 3 aromatic rings. The molecule has 1 heterocycles. The van der Waals surface area contributed by atoms with Crippen molar-refractivity contribution in [3.05, 3.63) is 70.3 Å². The molecule has 0 saturated heterocycles. The minimum atomic E-state index is -3.84. The van der Waals surface area contributed by atoms with Gasteiger partial charge in [-0.15, -0.1) is 0 Å². The second-order valence-electron chi connectivity index (χ2n) is 5.65. The smallest absolute Gasteiger partial charge is 0.216 e. The highest BCUT2D eigenvalue weighted by Crippen LogP contribution is 2.27. The molecular weight excluding hydrogens is 320 g/mol. The number of H-pyrrole nitrogens is 1. The van der Waals surface area contributed by atoms with Gasteiger partial charge in [-0.2, -0.15) is 5.26 Å². The van der Waals surface area contributed by atoms with Gasteiger partial charge >= 0.3 is 0 Å². The van der Waals surface area contributed by atoms with Crippen LogP contribution in [0.2, 0.25) is 0 Å². The van der Waals surface area contributed by atoms with Gasteiger partial charge in [-0.25, -0.2) is 8.42 Å². The van der Waals surface area contributed by atoms with Crippen molar-refractivity contribution in [1.29, 1.82) is 5.26 Å². The van der Waals surface area contributed by atoms with Crippen molar-refractivity contribution in [3.8, 4) is 6.07 Å². The Hall–Kier alpha value is -2.84. The average molecular weight is 336 g/mol. The molecule has 0 saturated carbocycles. The van der Waals surface area contributed by atoms with Crippen molar-refractivity contribution in [2.75, 3.05) is 0 Å². The topological polar surface area (TPSA) is 73.7 Å². The van der Waals surface area contributed by atoms with Crippen molar-refractivity contribution >= 4 is 26.8 Å². The molecule has 0 spiro atoms. The molecule has 120 valence electrons. The molecule has 1 N–H and O–H groups in total. The van der Waals surface area contributed by atoms with Gasteiger partial charge in [-0.3, -0.25) is 0 Å². The molecule has 0 amide bonds. The predicted molar refractivity (Wildman–Crippen MR) is 95.0 cm³/mol. The SMILES string of the molecule is Cc1ccc(S(=O)(=O)/C(C#N)=C/c2c(C)[nH]c3ccccc23)cc1. The zero-order chi connectivity index (χ0) is 17.3. The van der Waals surface area contributed by atoms with Crippen LogP contribution in [-0.4, -0.2) is 13.4 Å². The highest BCUT2D eigenvalue weighted by molar-refractivity contribution is 7.95. The monoisotopic (exact) mass is 336 g/mol. The summed E-state index contributed by atoms with van der Waals surface area (Å²) in [5.74, 6) is 0. The molecule has 0 radical (unpaired) electrons. The lowest BCUT2D eigenvalue weighted by atomic mass is 10.1. The van der Waals surface area contributed by atoms with E-state index in [0.717, 1.165) is 27.7 Å². The maximum atomic E-state index is 12.7. The number of aryl methyl sites for hydroxylation is 2. The molecule has 5 heteroatoms. The molecule has 3 rings (SSSR count). The zero-order valence-corrected chi connectivity index (χ0v) is 14.2. The summed E-state index contributed by atoms with van der Waals surface area (Å²) >= 11 is 0. The number of allylic oxidation sites excluding steroid dienone is 1. The molecule has 0 aliphatic heterocycles. The quantitative estimate of drug-likeness (QED) is 0.731. The fourth-order valence-electron chi connectivity index (χ4n) is 2.63. The third kappa shape index (κ3) is 2.72. The van der Waals surface area contributed by atoms with E-state index >= 15 is 0 Å². The first-order chi connectivity index (χ1) is 11.4. The number of nitrogens with zero attached hydrogens (tertiary/aromatic N) is 1. The van der Waals surface area contributed by atoms with Crippen molar-refractivity contribution in [2.45, 2.75) is 18.7 Å². The van der Waals surface area contributed by atoms with Crippen molar-refractivity contribution in [1.82, 2.24) is 4.98 Å². The fraction of sp³-hybridized carbons (Fsp3) is 0.105. The Labute approximate surface area is 141 Å². The van der Waals surface area contributed by atoms with Gasteiger partial charge in [0.1, 0.15) is 11.0 Å². The van der Waals surface area contributed by atoms with Gasteiger partial charge in [0.05, 0.1) is 4.90 Å². The van der Waals surface area contributed by atoms with Gasteiger partial charge in [0.15, 0.2) is 0 Å². The lowest BCUT2D eigenvalue weighted by Crippen LogP contribution is -2.03. The number of benzene rings is 2. The second-order valence-corrected chi connectivity index (χ2v) is 7.56. The number of aromatic nitrogens is 1. The molecule has 0 fully saturated rings. The fourth-order valence-corrected chi connectivity index (χ4v) is 3.77. The Bertz CT molecular complexity index is 1080. The van der Waals surface area contributed by atoms with Gasteiger partial charge in [-0.1, -0.05) is 35.9 Å². The summed E-state index contributed by atoms with van der Waals surface area (Å²) in [7, 11) is -3.84. The summed E-state index contributed by atoms with van der Waals surface area (Å²) in [4.78, 5) is 3.07. The van der Waals surface area contributed by atoms with Crippen LogP contribution >= 0.6 is 0 Å². The third-order valence-corrected chi connectivity index (χ3v) is 5.63. The standard InChI is InChI=1S/C19H16N2O2S/c1-13-7-9-15(10-8-13)24(22,23)16(12-20)11-18-14(2)21-19-6-4-3-5-17(18)19/h3-11,21H,1-2H3/b16-11+. The number of aromatic amines is 1. The van der Waals surface area contributed by atoms with Crippen molar-refractivity contribution in [3.63, 3.8) is 0 Å². The minimum Gasteiger partial charge on any atom is -0.358 e. The van der Waals surface area contributed by atoms with Crippen LogP contribution < -0.4 is 0 Å². The first kappa shape index (κ1) is 16.0. The molecule has 0 atom stereocenters. The van der Waals surface area contributed by atoms with Crippen LogP contribution in [0.1, 0.15) is 16.8 Å². The number of para-hydroxylation sites is 1. The van der Waals surface area contributed by atoms with Crippen LogP contribution in [0.3, 0.4) is 0 Å². The van der Waals surface area contributed by atoms with Crippen molar-refractivity contribution in [2.24, 2.45) is 0 Å². The summed E-state index contributed by atoms with van der Waals surface area (Å²) in [6.45, 7) is 3.74. The van der Waals surface area contributed by atoms with E-state index in [1.807, 2.05) is 44.2 Å². The first-order valence-corrected chi connectivity index (χ1v) is 8.92. The summed E-state index contributed by atoms with van der Waals surface area (Å²) in [6.07, 6.45) is 1.45. The molecular formula is C19H16N2O2S. The zero-order valence-electron chi connectivity index (χ0n) is 13.4. The molecule has 4 nitrogen and oxygen atoms in total. The number of hydrogen-bond acceptors (Lipinski definition) is 3. The van der Waals surface area contributed by atoms with E-state index in [-0.39, 0.29) is 9.80 Å². The summed E-state index contributed by atoms with van der Waals surface area (Å²) < 4.78 is 25.5.